The van der Waals surface area contributed by atoms with Gasteiger partial charge in [-0.25, -0.2) is 9.37 Å². The number of halogens is 1. The lowest BCUT2D eigenvalue weighted by molar-refractivity contribution is 0.556. The fraction of sp³-hybridized carbons (Fsp3) is 0.231. The van der Waals surface area contributed by atoms with Gasteiger partial charge in [-0.05, 0) is 24.6 Å². The number of nitrogens with zero attached hydrogens (tertiary/aromatic N) is 2. The monoisotopic (exact) mass is 311 g/mol. The van der Waals surface area contributed by atoms with Crippen molar-refractivity contribution in [3.8, 4) is 0 Å². The average Bonchev–Trinajstić information content (AvgIpc) is 2.43. The van der Waals surface area contributed by atoms with E-state index < -0.39 is 20.9 Å². The van der Waals surface area contributed by atoms with E-state index in [1.807, 2.05) is 6.92 Å². The summed E-state index contributed by atoms with van der Waals surface area (Å²) >= 11 is 0. The van der Waals surface area contributed by atoms with Crippen LogP contribution < -0.4 is 10.3 Å². The minimum Gasteiger partial charge on any atom is -0.313 e. The molecule has 2 rings (SSSR count). The molecule has 0 aliphatic heterocycles. The first kappa shape index (κ1) is 15.2. The number of aryl methyl sites for hydroxylation is 1. The summed E-state index contributed by atoms with van der Waals surface area (Å²) in [5.74, 6) is -0.938. The van der Waals surface area contributed by atoms with Crippen LogP contribution in [0.2, 0.25) is 0 Å². The molecule has 0 bridgehead atoms. The summed E-state index contributed by atoms with van der Waals surface area (Å²) in [6, 6.07) is 4.89. The molecule has 0 unspecified atom stereocenters. The Hall–Kier alpha value is -2.22. The van der Waals surface area contributed by atoms with Gasteiger partial charge in [0.2, 0.25) is 5.03 Å². The molecule has 6 nitrogen and oxygen atoms in total. The van der Waals surface area contributed by atoms with E-state index in [0.717, 1.165) is 12.5 Å². The maximum Gasteiger partial charge on any atom is 0.282 e. The Bertz CT molecular complexity index is 802. The molecule has 0 aliphatic rings. The first-order valence-corrected chi connectivity index (χ1v) is 7.76. The van der Waals surface area contributed by atoms with Crippen molar-refractivity contribution in [3.05, 3.63) is 52.8 Å². The number of nitrogens with one attached hydrogen (secondary N) is 1. The van der Waals surface area contributed by atoms with Crippen molar-refractivity contribution in [1.29, 1.82) is 0 Å². The van der Waals surface area contributed by atoms with E-state index in [9.17, 15) is 17.6 Å². The fourth-order valence-electron chi connectivity index (χ4n) is 1.78. The van der Waals surface area contributed by atoms with Gasteiger partial charge in [0.25, 0.3) is 15.6 Å². The zero-order valence-electron chi connectivity index (χ0n) is 11.3. The topological polar surface area (TPSA) is 81.1 Å². The predicted octanol–water partition coefficient (Wildman–Crippen LogP) is 1.59. The first-order valence-electron chi connectivity index (χ1n) is 6.28. The van der Waals surface area contributed by atoms with Crippen LogP contribution in [0.25, 0.3) is 0 Å². The van der Waals surface area contributed by atoms with Crippen LogP contribution in [-0.4, -0.2) is 18.0 Å². The molecule has 0 aromatic carbocycles. The standard InChI is InChI=1S/C13H14FN3O3S/c1-2-8-17-9-10(5-6-12(17)18)16-21(19,20)13-11(14)4-3-7-15-13/h3-7,9,16H,2,8H2,1H3. The lowest BCUT2D eigenvalue weighted by Crippen LogP contribution is -2.21. The van der Waals surface area contributed by atoms with Gasteiger partial charge in [0.05, 0.1) is 5.69 Å². The molecule has 2 aromatic heterocycles. The summed E-state index contributed by atoms with van der Waals surface area (Å²) in [6.45, 7) is 2.36. The number of pyridine rings is 2. The number of hydrogen-bond donors (Lipinski definition) is 1. The maximum atomic E-state index is 13.5. The molecule has 1 N–H and O–H groups in total. The van der Waals surface area contributed by atoms with Gasteiger partial charge in [0.15, 0.2) is 5.82 Å². The highest BCUT2D eigenvalue weighted by molar-refractivity contribution is 7.92. The molecule has 2 aromatic rings. The second kappa shape index (κ2) is 6.04. The third kappa shape index (κ3) is 3.46. The Morgan fingerprint density at radius 3 is 2.76 bits per heavy atom. The molecule has 2 heterocycles. The van der Waals surface area contributed by atoms with Crippen LogP contribution in [0.5, 0.6) is 0 Å². The minimum absolute atomic E-state index is 0.174. The fourth-order valence-corrected chi connectivity index (χ4v) is 2.83. The Kier molecular flexibility index (Phi) is 4.37. The minimum atomic E-state index is -4.14. The highest BCUT2D eigenvalue weighted by Gasteiger charge is 2.20. The summed E-state index contributed by atoms with van der Waals surface area (Å²) in [4.78, 5) is 15.1. The van der Waals surface area contributed by atoms with Crippen molar-refractivity contribution in [2.45, 2.75) is 24.9 Å². The van der Waals surface area contributed by atoms with Crippen molar-refractivity contribution in [2.75, 3.05) is 4.72 Å². The number of rotatable bonds is 5. The van der Waals surface area contributed by atoms with Gasteiger partial charge in [-0.1, -0.05) is 6.92 Å². The third-order valence-corrected chi connectivity index (χ3v) is 3.99. The van der Waals surface area contributed by atoms with Gasteiger partial charge in [-0.2, -0.15) is 8.42 Å². The van der Waals surface area contributed by atoms with Crippen LogP contribution in [0.1, 0.15) is 13.3 Å². The van der Waals surface area contributed by atoms with Crippen LogP contribution >= 0.6 is 0 Å². The van der Waals surface area contributed by atoms with Gasteiger partial charge in [-0.15, -0.1) is 0 Å². The number of sulfonamides is 1. The van der Waals surface area contributed by atoms with Crippen molar-refractivity contribution >= 4 is 15.7 Å². The van der Waals surface area contributed by atoms with E-state index in [-0.39, 0.29) is 11.2 Å². The van der Waals surface area contributed by atoms with E-state index in [1.165, 1.54) is 35.2 Å². The highest BCUT2D eigenvalue weighted by atomic mass is 32.2. The smallest absolute Gasteiger partial charge is 0.282 e. The molecule has 0 fully saturated rings. The lowest BCUT2D eigenvalue weighted by Gasteiger charge is -2.10. The third-order valence-electron chi connectivity index (χ3n) is 2.68. The molecule has 0 saturated heterocycles. The maximum absolute atomic E-state index is 13.5. The SMILES string of the molecule is CCCn1cc(NS(=O)(=O)c2ncccc2F)ccc1=O. The Balaban J connectivity index is 2.35. The van der Waals surface area contributed by atoms with Crippen molar-refractivity contribution in [1.82, 2.24) is 9.55 Å². The highest BCUT2D eigenvalue weighted by Crippen LogP contribution is 2.15. The van der Waals surface area contributed by atoms with Crippen molar-refractivity contribution in [3.63, 3.8) is 0 Å². The van der Waals surface area contributed by atoms with Gasteiger partial charge < -0.3 is 4.57 Å². The van der Waals surface area contributed by atoms with Crippen LogP contribution in [0.4, 0.5) is 10.1 Å². The van der Waals surface area contributed by atoms with E-state index in [4.69, 9.17) is 0 Å². The molecular weight excluding hydrogens is 297 g/mol. The Morgan fingerprint density at radius 1 is 1.33 bits per heavy atom. The Labute approximate surface area is 121 Å². The van der Waals surface area contributed by atoms with Gasteiger partial charge in [0, 0.05) is 25.0 Å². The van der Waals surface area contributed by atoms with Crippen LogP contribution in [0.3, 0.4) is 0 Å². The molecule has 0 atom stereocenters. The van der Waals surface area contributed by atoms with Crippen LogP contribution in [-0.2, 0) is 16.6 Å². The zero-order chi connectivity index (χ0) is 15.5. The summed E-state index contributed by atoms with van der Waals surface area (Å²) in [6.07, 6.45) is 3.30. The second-order valence-corrected chi connectivity index (χ2v) is 5.94. The Morgan fingerprint density at radius 2 is 2.10 bits per heavy atom. The summed E-state index contributed by atoms with van der Waals surface area (Å²) in [5, 5.41) is -0.682. The molecule has 0 amide bonds. The zero-order valence-corrected chi connectivity index (χ0v) is 12.1. The summed E-state index contributed by atoms with van der Waals surface area (Å²) in [5.41, 5.74) is -0.0584. The number of hydrogen-bond acceptors (Lipinski definition) is 4. The molecule has 0 spiro atoms. The molecule has 0 aliphatic carbocycles. The largest absolute Gasteiger partial charge is 0.313 e. The molecule has 0 radical (unpaired) electrons. The summed E-state index contributed by atoms with van der Waals surface area (Å²) in [7, 11) is -4.14. The van der Waals surface area contributed by atoms with Crippen molar-refractivity contribution in [2.24, 2.45) is 0 Å². The normalized spacial score (nSPS) is 11.3. The van der Waals surface area contributed by atoms with Gasteiger partial charge in [-0.3, -0.25) is 9.52 Å². The van der Waals surface area contributed by atoms with Gasteiger partial charge >= 0.3 is 0 Å². The molecular formula is C13H14FN3O3S. The van der Waals surface area contributed by atoms with Gasteiger partial charge in [0.1, 0.15) is 0 Å². The summed E-state index contributed by atoms with van der Waals surface area (Å²) < 4.78 is 41.3. The predicted molar refractivity (Wildman–Crippen MR) is 76.0 cm³/mol. The van der Waals surface area contributed by atoms with E-state index in [2.05, 4.69) is 9.71 Å². The molecule has 21 heavy (non-hydrogen) atoms. The average molecular weight is 311 g/mol. The van der Waals surface area contributed by atoms with Crippen molar-refractivity contribution < 1.29 is 12.8 Å². The van der Waals surface area contributed by atoms with Crippen LogP contribution in [0.15, 0.2) is 46.5 Å². The molecule has 0 saturated carbocycles. The molecule has 8 heteroatoms. The second-order valence-electron chi connectivity index (χ2n) is 4.35. The van der Waals surface area contributed by atoms with E-state index in [0.29, 0.717) is 6.54 Å². The number of aromatic nitrogens is 2. The van der Waals surface area contributed by atoms with Crippen LogP contribution in [0, 0.1) is 5.82 Å². The van der Waals surface area contributed by atoms with E-state index in [1.54, 1.807) is 0 Å². The number of anilines is 1. The molecule has 112 valence electrons. The quantitative estimate of drug-likeness (QED) is 0.909. The van der Waals surface area contributed by atoms with E-state index >= 15 is 0 Å². The lowest BCUT2D eigenvalue weighted by atomic mass is 10.4. The first-order chi connectivity index (χ1) is 9.94.